The maximum Gasteiger partial charge on any atom is 0.232 e. The molecule has 0 aliphatic carbocycles. The van der Waals surface area contributed by atoms with Gasteiger partial charge in [0.05, 0.1) is 38.1 Å². The summed E-state index contributed by atoms with van der Waals surface area (Å²) >= 11 is 0. The number of rotatable bonds is 11. The van der Waals surface area contributed by atoms with Crippen molar-refractivity contribution in [1.29, 1.82) is 0 Å². The average molecular weight is 514 g/mol. The molecule has 1 aromatic heterocycles. The Labute approximate surface area is 220 Å². The van der Waals surface area contributed by atoms with Crippen LogP contribution in [-0.4, -0.2) is 123 Å². The molecule has 0 saturated carbocycles. The molecule has 4 heterocycles. The summed E-state index contributed by atoms with van der Waals surface area (Å²) in [4.78, 5) is 9.53. The topological polar surface area (TPSA) is 77.7 Å². The number of β-amino-alcohol motifs (C(OH)–C–C–N with tert-alkyl or cyclic N) is 1. The highest BCUT2D eigenvalue weighted by Crippen LogP contribution is 2.34. The van der Waals surface area contributed by atoms with E-state index in [0.717, 1.165) is 101 Å². The molecule has 1 unspecified atom stereocenters. The monoisotopic (exact) mass is 513 g/mol. The minimum atomic E-state index is -0.429. The van der Waals surface area contributed by atoms with Crippen molar-refractivity contribution < 1.29 is 19.1 Å². The number of nitrogens with zero attached hydrogens (tertiary/aromatic N) is 5. The van der Waals surface area contributed by atoms with Crippen LogP contribution >= 0.6 is 0 Å². The maximum atomic E-state index is 11.1. The standard InChI is InChI=1S/C28H43N5O4/c34-25(21-31-15-19-36-20-16-31)22-32(12-11-30-13-17-35-18-14-30)23-26-27(24-7-3-1-4-8-24)29-37-28(26)33-9-5-2-6-10-33/h1,3-4,7-8,25,34H,2,5-6,9-23H2. The third-order valence-corrected chi connectivity index (χ3v) is 7.72. The van der Waals surface area contributed by atoms with Crippen molar-refractivity contribution >= 4 is 5.88 Å². The van der Waals surface area contributed by atoms with Gasteiger partial charge in [-0.3, -0.25) is 14.7 Å². The molecule has 0 bridgehead atoms. The minimum Gasteiger partial charge on any atom is -0.390 e. The fraction of sp³-hybridized carbons (Fsp3) is 0.679. The number of benzene rings is 1. The first kappa shape index (κ1) is 26.6. The molecular formula is C28H43N5O4. The first-order valence-corrected chi connectivity index (χ1v) is 14.1. The Morgan fingerprint density at radius 2 is 1.54 bits per heavy atom. The normalized spacial score (nSPS) is 21.0. The van der Waals surface area contributed by atoms with Crippen LogP contribution in [0.1, 0.15) is 24.8 Å². The van der Waals surface area contributed by atoms with Gasteiger partial charge in [0.25, 0.3) is 0 Å². The van der Waals surface area contributed by atoms with E-state index in [1.54, 1.807) is 0 Å². The highest BCUT2D eigenvalue weighted by molar-refractivity contribution is 5.68. The Kier molecular flexibility index (Phi) is 9.84. The Morgan fingerprint density at radius 1 is 0.865 bits per heavy atom. The predicted octanol–water partition coefficient (Wildman–Crippen LogP) is 2.16. The zero-order valence-corrected chi connectivity index (χ0v) is 22.1. The van der Waals surface area contributed by atoms with Crippen molar-refractivity contribution in [2.75, 3.05) is 96.8 Å². The van der Waals surface area contributed by atoms with Crippen LogP contribution in [-0.2, 0) is 16.0 Å². The van der Waals surface area contributed by atoms with Crippen LogP contribution in [0, 0.1) is 0 Å². The van der Waals surface area contributed by atoms with E-state index in [1.165, 1.54) is 19.3 Å². The number of morpholine rings is 2. The second-order valence-corrected chi connectivity index (χ2v) is 10.5. The van der Waals surface area contributed by atoms with Crippen molar-refractivity contribution in [2.24, 2.45) is 0 Å². The molecule has 3 aliphatic rings. The fourth-order valence-electron chi connectivity index (χ4n) is 5.62. The number of aliphatic hydroxyl groups is 1. The quantitative estimate of drug-likeness (QED) is 0.486. The number of aromatic nitrogens is 1. The lowest BCUT2D eigenvalue weighted by molar-refractivity contribution is 0.00280. The molecule has 204 valence electrons. The Balaban J connectivity index is 1.35. The van der Waals surface area contributed by atoms with E-state index in [1.807, 2.05) is 6.07 Å². The van der Waals surface area contributed by atoms with E-state index >= 15 is 0 Å². The number of hydrogen-bond donors (Lipinski definition) is 1. The summed E-state index contributed by atoms with van der Waals surface area (Å²) in [6, 6.07) is 10.3. The number of ether oxygens (including phenoxy) is 2. The van der Waals surface area contributed by atoms with Gasteiger partial charge in [-0.25, -0.2) is 0 Å². The summed E-state index contributed by atoms with van der Waals surface area (Å²) in [5.74, 6) is 0.901. The summed E-state index contributed by atoms with van der Waals surface area (Å²) in [5, 5.41) is 15.7. The molecule has 9 heteroatoms. The van der Waals surface area contributed by atoms with Crippen molar-refractivity contribution in [2.45, 2.75) is 31.9 Å². The van der Waals surface area contributed by atoms with Gasteiger partial charge in [-0.1, -0.05) is 35.5 Å². The summed E-state index contributed by atoms with van der Waals surface area (Å²) < 4.78 is 17.1. The van der Waals surface area contributed by atoms with Crippen LogP contribution in [0.4, 0.5) is 5.88 Å². The van der Waals surface area contributed by atoms with Crippen molar-refractivity contribution in [1.82, 2.24) is 19.9 Å². The molecule has 37 heavy (non-hydrogen) atoms. The third kappa shape index (κ3) is 7.52. The average Bonchev–Trinajstić information content (AvgIpc) is 3.37. The lowest BCUT2D eigenvalue weighted by atomic mass is 10.1. The number of anilines is 1. The third-order valence-electron chi connectivity index (χ3n) is 7.72. The largest absolute Gasteiger partial charge is 0.390 e. The molecule has 0 radical (unpaired) electrons. The van der Waals surface area contributed by atoms with Crippen LogP contribution in [0.5, 0.6) is 0 Å². The SMILES string of the molecule is OC(CN1CCOCC1)CN(CCN1CCOCC1)Cc1c(-c2ccccc2)noc1N1CCCCC1. The van der Waals surface area contributed by atoms with E-state index in [4.69, 9.17) is 14.0 Å². The zero-order valence-electron chi connectivity index (χ0n) is 22.1. The first-order valence-electron chi connectivity index (χ1n) is 14.1. The molecule has 1 atom stereocenters. The van der Waals surface area contributed by atoms with Gasteiger partial charge in [-0.15, -0.1) is 0 Å². The van der Waals surface area contributed by atoms with Crippen molar-refractivity contribution in [3.05, 3.63) is 35.9 Å². The minimum absolute atomic E-state index is 0.429. The van der Waals surface area contributed by atoms with Gasteiger partial charge in [0.1, 0.15) is 5.69 Å². The Morgan fingerprint density at radius 3 is 2.24 bits per heavy atom. The van der Waals surface area contributed by atoms with E-state index in [0.29, 0.717) is 19.6 Å². The molecule has 3 fully saturated rings. The van der Waals surface area contributed by atoms with Crippen molar-refractivity contribution in [3.63, 3.8) is 0 Å². The summed E-state index contributed by atoms with van der Waals surface area (Å²) in [6.45, 7) is 12.6. The fourth-order valence-corrected chi connectivity index (χ4v) is 5.62. The van der Waals surface area contributed by atoms with Gasteiger partial charge in [0, 0.05) is 77.6 Å². The van der Waals surface area contributed by atoms with Gasteiger partial charge >= 0.3 is 0 Å². The van der Waals surface area contributed by atoms with Gasteiger partial charge in [0.15, 0.2) is 0 Å². The van der Waals surface area contributed by atoms with Crippen LogP contribution in [0.2, 0.25) is 0 Å². The molecule has 3 aliphatic heterocycles. The molecule has 9 nitrogen and oxygen atoms in total. The second-order valence-electron chi connectivity index (χ2n) is 10.5. The van der Waals surface area contributed by atoms with Gasteiger partial charge < -0.3 is 24.0 Å². The van der Waals surface area contributed by atoms with Gasteiger partial charge in [-0.2, -0.15) is 0 Å². The smallest absolute Gasteiger partial charge is 0.232 e. The molecular weight excluding hydrogens is 470 g/mol. The Hall–Kier alpha value is -2.01. The van der Waals surface area contributed by atoms with E-state index in [2.05, 4.69) is 49.0 Å². The molecule has 0 spiro atoms. The van der Waals surface area contributed by atoms with E-state index < -0.39 is 6.10 Å². The number of piperidine rings is 1. The van der Waals surface area contributed by atoms with Crippen LogP contribution in [0.25, 0.3) is 11.3 Å². The van der Waals surface area contributed by atoms with E-state index in [-0.39, 0.29) is 0 Å². The Bertz CT molecular complexity index is 924. The number of hydrogen-bond acceptors (Lipinski definition) is 9. The lowest BCUT2D eigenvalue weighted by Gasteiger charge is -2.33. The molecule has 3 saturated heterocycles. The summed E-state index contributed by atoms with van der Waals surface area (Å²) in [6.07, 6.45) is 3.20. The molecule has 2 aromatic rings. The maximum absolute atomic E-state index is 11.1. The molecule has 5 rings (SSSR count). The summed E-state index contributed by atoms with van der Waals surface area (Å²) in [7, 11) is 0. The number of aliphatic hydroxyl groups excluding tert-OH is 1. The highest BCUT2D eigenvalue weighted by Gasteiger charge is 2.27. The molecule has 1 aromatic carbocycles. The van der Waals surface area contributed by atoms with Crippen LogP contribution < -0.4 is 4.90 Å². The first-order chi connectivity index (χ1) is 18.3. The predicted molar refractivity (Wildman–Crippen MR) is 144 cm³/mol. The van der Waals surface area contributed by atoms with Crippen molar-refractivity contribution in [3.8, 4) is 11.3 Å². The van der Waals surface area contributed by atoms with Crippen LogP contribution in [0.15, 0.2) is 34.9 Å². The zero-order chi connectivity index (χ0) is 25.3. The lowest BCUT2D eigenvalue weighted by Crippen LogP contribution is -2.46. The van der Waals surface area contributed by atoms with Gasteiger partial charge in [-0.05, 0) is 19.3 Å². The summed E-state index contributed by atoms with van der Waals surface area (Å²) in [5.41, 5.74) is 3.13. The highest BCUT2D eigenvalue weighted by atomic mass is 16.5. The molecule has 0 amide bonds. The van der Waals surface area contributed by atoms with E-state index in [9.17, 15) is 5.11 Å². The second kappa shape index (κ2) is 13.7. The van der Waals surface area contributed by atoms with Crippen LogP contribution in [0.3, 0.4) is 0 Å². The van der Waals surface area contributed by atoms with Gasteiger partial charge in [0.2, 0.25) is 5.88 Å². The molecule has 1 N–H and O–H groups in total.